The number of hydrogen-bond acceptors (Lipinski definition) is 5. The third-order valence-electron chi connectivity index (χ3n) is 3.59. The Bertz CT molecular complexity index is 660. The summed E-state index contributed by atoms with van der Waals surface area (Å²) in [4.78, 5) is 26.2. The fourth-order valence-electron chi connectivity index (χ4n) is 2.62. The molecule has 1 saturated heterocycles. The van der Waals surface area contributed by atoms with E-state index in [1.54, 1.807) is 12.4 Å². The molecule has 2 aromatic rings. The predicted molar refractivity (Wildman–Crippen MR) is 78.0 cm³/mol. The van der Waals surface area contributed by atoms with Crippen LogP contribution in [0.4, 0.5) is 5.82 Å². The number of aromatic nitrogens is 3. The average molecular weight is 284 g/mol. The van der Waals surface area contributed by atoms with Crippen LogP contribution < -0.4 is 4.90 Å². The van der Waals surface area contributed by atoms with Gasteiger partial charge in [-0.15, -0.1) is 0 Å². The molecule has 6 heteroatoms. The molecule has 0 spiro atoms. The first-order chi connectivity index (χ1) is 10.1. The van der Waals surface area contributed by atoms with Gasteiger partial charge in [-0.3, -0.25) is 4.98 Å². The first-order valence-electron chi connectivity index (χ1n) is 6.90. The van der Waals surface area contributed by atoms with Crippen LogP contribution in [0.2, 0.25) is 0 Å². The second-order valence-corrected chi connectivity index (χ2v) is 5.12. The van der Waals surface area contributed by atoms with Crippen molar-refractivity contribution in [2.24, 2.45) is 0 Å². The zero-order valence-corrected chi connectivity index (χ0v) is 11.7. The van der Waals surface area contributed by atoms with Crippen molar-refractivity contribution in [3.8, 4) is 11.4 Å². The Balaban J connectivity index is 2.00. The molecule has 0 bridgehead atoms. The smallest absolute Gasteiger partial charge is 0.326 e. The lowest BCUT2D eigenvalue weighted by Crippen LogP contribution is -2.36. The van der Waals surface area contributed by atoms with E-state index in [0.717, 1.165) is 17.7 Å². The van der Waals surface area contributed by atoms with Gasteiger partial charge < -0.3 is 10.0 Å². The van der Waals surface area contributed by atoms with Crippen LogP contribution in [-0.4, -0.2) is 38.6 Å². The third-order valence-corrected chi connectivity index (χ3v) is 3.59. The van der Waals surface area contributed by atoms with Gasteiger partial charge in [0.05, 0.1) is 0 Å². The number of aryl methyl sites for hydroxylation is 1. The van der Waals surface area contributed by atoms with Gasteiger partial charge in [-0.2, -0.15) is 0 Å². The van der Waals surface area contributed by atoms with Crippen LogP contribution >= 0.6 is 0 Å². The van der Waals surface area contributed by atoms with Crippen molar-refractivity contribution in [1.29, 1.82) is 0 Å². The SMILES string of the molecule is Cc1cc(N2CCCC2C(=O)O)nc(-c2cccnc2)n1. The van der Waals surface area contributed by atoms with Gasteiger partial charge >= 0.3 is 5.97 Å². The molecular formula is C15H16N4O2. The number of carboxylic acids is 1. The Morgan fingerprint density at radius 2 is 2.29 bits per heavy atom. The first kappa shape index (κ1) is 13.5. The maximum absolute atomic E-state index is 11.3. The molecule has 0 amide bonds. The largest absolute Gasteiger partial charge is 0.480 e. The Hall–Kier alpha value is -2.50. The maximum Gasteiger partial charge on any atom is 0.326 e. The lowest BCUT2D eigenvalue weighted by molar-refractivity contribution is -0.138. The molecule has 0 radical (unpaired) electrons. The Labute approximate surface area is 122 Å². The average Bonchev–Trinajstić information content (AvgIpc) is 2.97. The molecule has 1 N–H and O–H groups in total. The second-order valence-electron chi connectivity index (χ2n) is 5.12. The highest BCUT2D eigenvalue weighted by Crippen LogP contribution is 2.26. The van der Waals surface area contributed by atoms with Crippen molar-refractivity contribution >= 4 is 11.8 Å². The van der Waals surface area contributed by atoms with Gasteiger partial charge in [0, 0.05) is 36.3 Å². The molecule has 1 unspecified atom stereocenters. The predicted octanol–water partition coefficient (Wildman–Crippen LogP) is 1.90. The minimum atomic E-state index is -0.799. The molecule has 2 aromatic heterocycles. The summed E-state index contributed by atoms with van der Waals surface area (Å²) in [6.07, 6.45) is 4.92. The van der Waals surface area contributed by atoms with Crippen LogP contribution in [0.15, 0.2) is 30.6 Å². The van der Waals surface area contributed by atoms with Gasteiger partial charge in [-0.25, -0.2) is 14.8 Å². The molecule has 3 heterocycles. The highest BCUT2D eigenvalue weighted by molar-refractivity contribution is 5.78. The van der Waals surface area contributed by atoms with Crippen molar-refractivity contribution < 1.29 is 9.90 Å². The molecule has 1 fully saturated rings. The van der Waals surface area contributed by atoms with E-state index in [4.69, 9.17) is 0 Å². The van der Waals surface area contributed by atoms with E-state index in [-0.39, 0.29) is 0 Å². The van der Waals surface area contributed by atoms with Crippen LogP contribution in [0.3, 0.4) is 0 Å². The summed E-state index contributed by atoms with van der Waals surface area (Å²) in [7, 11) is 0. The molecule has 0 saturated carbocycles. The molecule has 21 heavy (non-hydrogen) atoms. The number of aliphatic carboxylic acids is 1. The summed E-state index contributed by atoms with van der Waals surface area (Å²) in [5.41, 5.74) is 1.64. The Morgan fingerprint density at radius 3 is 3.00 bits per heavy atom. The molecule has 6 nitrogen and oxygen atoms in total. The van der Waals surface area contributed by atoms with Crippen molar-refractivity contribution in [1.82, 2.24) is 15.0 Å². The molecule has 108 valence electrons. The van der Waals surface area contributed by atoms with Gasteiger partial charge in [-0.05, 0) is 31.9 Å². The summed E-state index contributed by atoms with van der Waals surface area (Å²) in [5.74, 6) is 0.451. The number of anilines is 1. The molecule has 0 aliphatic carbocycles. The standard InChI is InChI=1S/C15H16N4O2/c1-10-8-13(19-7-3-5-12(19)15(20)21)18-14(17-10)11-4-2-6-16-9-11/h2,4,6,8-9,12H,3,5,7H2,1H3,(H,20,21). The fourth-order valence-corrected chi connectivity index (χ4v) is 2.62. The normalized spacial score (nSPS) is 18.0. The monoisotopic (exact) mass is 284 g/mol. The molecule has 1 atom stereocenters. The number of hydrogen-bond donors (Lipinski definition) is 1. The fraction of sp³-hybridized carbons (Fsp3) is 0.333. The van der Waals surface area contributed by atoms with Crippen molar-refractivity contribution in [3.05, 3.63) is 36.3 Å². The molecule has 3 rings (SSSR count). The van der Waals surface area contributed by atoms with E-state index in [9.17, 15) is 9.90 Å². The summed E-state index contributed by atoms with van der Waals surface area (Å²) in [5, 5.41) is 9.31. The van der Waals surface area contributed by atoms with Gasteiger partial charge in [-0.1, -0.05) is 0 Å². The van der Waals surface area contributed by atoms with Crippen molar-refractivity contribution in [2.75, 3.05) is 11.4 Å². The Morgan fingerprint density at radius 1 is 1.43 bits per heavy atom. The maximum atomic E-state index is 11.3. The molecular weight excluding hydrogens is 268 g/mol. The summed E-state index contributed by atoms with van der Waals surface area (Å²) in [6, 6.07) is 5.06. The van der Waals surface area contributed by atoms with Crippen LogP contribution in [0.25, 0.3) is 11.4 Å². The summed E-state index contributed by atoms with van der Waals surface area (Å²) >= 11 is 0. The quantitative estimate of drug-likeness (QED) is 0.927. The van der Waals surface area contributed by atoms with E-state index in [0.29, 0.717) is 24.6 Å². The highest BCUT2D eigenvalue weighted by atomic mass is 16.4. The van der Waals surface area contributed by atoms with Crippen LogP contribution in [0.1, 0.15) is 18.5 Å². The van der Waals surface area contributed by atoms with Crippen molar-refractivity contribution in [2.45, 2.75) is 25.8 Å². The number of nitrogens with zero attached hydrogens (tertiary/aromatic N) is 4. The van der Waals surface area contributed by atoms with Crippen LogP contribution in [-0.2, 0) is 4.79 Å². The number of carboxylic acid groups (broad SMARTS) is 1. The second kappa shape index (κ2) is 5.47. The van der Waals surface area contributed by atoms with E-state index >= 15 is 0 Å². The highest BCUT2D eigenvalue weighted by Gasteiger charge is 2.31. The zero-order chi connectivity index (χ0) is 14.8. The topological polar surface area (TPSA) is 79.2 Å². The van der Waals surface area contributed by atoms with Gasteiger partial charge in [0.2, 0.25) is 0 Å². The minimum absolute atomic E-state index is 0.499. The van der Waals surface area contributed by atoms with Crippen LogP contribution in [0, 0.1) is 6.92 Å². The zero-order valence-electron chi connectivity index (χ0n) is 11.7. The number of rotatable bonds is 3. The first-order valence-corrected chi connectivity index (χ1v) is 6.90. The van der Waals surface area contributed by atoms with Gasteiger partial charge in [0.25, 0.3) is 0 Å². The summed E-state index contributed by atoms with van der Waals surface area (Å²) < 4.78 is 0. The lowest BCUT2D eigenvalue weighted by Gasteiger charge is -2.23. The van der Waals surface area contributed by atoms with Crippen LogP contribution in [0.5, 0.6) is 0 Å². The van der Waals surface area contributed by atoms with E-state index in [1.165, 1.54) is 0 Å². The van der Waals surface area contributed by atoms with E-state index < -0.39 is 12.0 Å². The third kappa shape index (κ3) is 2.69. The Kier molecular flexibility index (Phi) is 3.51. The van der Waals surface area contributed by atoms with Crippen molar-refractivity contribution in [3.63, 3.8) is 0 Å². The van der Waals surface area contributed by atoms with Gasteiger partial charge in [0.15, 0.2) is 5.82 Å². The van der Waals surface area contributed by atoms with Gasteiger partial charge in [0.1, 0.15) is 11.9 Å². The molecule has 0 aromatic carbocycles. The molecule has 1 aliphatic heterocycles. The minimum Gasteiger partial charge on any atom is -0.480 e. The number of carbonyl (C=O) groups is 1. The molecule has 1 aliphatic rings. The van der Waals surface area contributed by atoms with E-state index in [2.05, 4.69) is 15.0 Å². The number of pyridine rings is 1. The van der Waals surface area contributed by atoms with E-state index in [1.807, 2.05) is 30.0 Å². The lowest BCUT2D eigenvalue weighted by atomic mass is 10.2. The summed E-state index contributed by atoms with van der Waals surface area (Å²) in [6.45, 7) is 2.59.